The average molecular weight is 553 g/mol. The van der Waals surface area contributed by atoms with Gasteiger partial charge in [0.1, 0.15) is 23.0 Å². The van der Waals surface area contributed by atoms with Gasteiger partial charge in [0.25, 0.3) is 0 Å². The third kappa shape index (κ3) is 6.12. The molecule has 12 heteroatoms. The second-order valence-corrected chi connectivity index (χ2v) is 10.4. The molecular formula is C26H28F4N4O3S. The summed E-state index contributed by atoms with van der Waals surface area (Å²) in [6.07, 6.45) is -0.0697. The van der Waals surface area contributed by atoms with Gasteiger partial charge in [-0.25, -0.2) is 19.3 Å². The lowest BCUT2D eigenvalue weighted by Crippen LogP contribution is -2.40. The van der Waals surface area contributed by atoms with E-state index in [1.165, 1.54) is 0 Å². The van der Waals surface area contributed by atoms with Crippen molar-refractivity contribution in [2.24, 2.45) is 11.8 Å². The van der Waals surface area contributed by atoms with Crippen molar-refractivity contribution in [3.8, 4) is 10.4 Å². The van der Waals surface area contributed by atoms with Crippen molar-refractivity contribution < 1.29 is 32.2 Å². The Balaban J connectivity index is 1.53. The summed E-state index contributed by atoms with van der Waals surface area (Å²) in [7, 11) is 0. The zero-order chi connectivity index (χ0) is 27.5. The van der Waals surface area contributed by atoms with Crippen LogP contribution in [0, 0.1) is 18.8 Å². The number of hydrogen-bond acceptors (Lipinski definition) is 8. The van der Waals surface area contributed by atoms with Gasteiger partial charge < -0.3 is 15.2 Å². The first-order valence-electron chi connectivity index (χ1n) is 12.2. The number of nitrogens with one attached hydrogen (secondary N) is 1. The van der Waals surface area contributed by atoms with Crippen molar-refractivity contribution in [1.29, 1.82) is 0 Å². The molecule has 204 valence electrons. The van der Waals surface area contributed by atoms with Crippen LogP contribution in [0.25, 0.3) is 10.4 Å². The van der Waals surface area contributed by atoms with E-state index in [2.05, 4.69) is 20.3 Å². The summed E-state index contributed by atoms with van der Waals surface area (Å²) in [6, 6.07) is 6.08. The summed E-state index contributed by atoms with van der Waals surface area (Å²) in [4.78, 5) is 24.5. The second kappa shape index (κ2) is 11.3. The van der Waals surface area contributed by atoms with Crippen LogP contribution in [0.2, 0.25) is 0 Å². The molecule has 1 aromatic carbocycles. The summed E-state index contributed by atoms with van der Waals surface area (Å²) in [5.41, 5.74) is -0.871. The van der Waals surface area contributed by atoms with Gasteiger partial charge in [0.05, 0.1) is 17.4 Å². The first-order chi connectivity index (χ1) is 18.0. The Kier molecular flexibility index (Phi) is 8.31. The molecule has 3 aromatic rings. The number of benzene rings is 1. The molecule has 1 unspecified atom stereocenters. The Morgan fingerprint density at radius 3 is 2.58 bits per heavy atom. The van der Waals surface area contributed by atoms with E-state index in [-0.39, 0.29) is 22.8 Å². The molecule has 0 spiro atoms. The molecule has 0 amide bonds. The lowest BCUT2D eigenvalue weighted by molar-refractivity contribution is -0.151. The number of nitrogens with zero attached hydrogens (tertiary/aromatic N) is 3. The van der Waals surface area contributed by atoms with Gasteiger partial charge in [-0.2, -0.15) is 13.2 Å². The monoisotopic (exact) mass is 552 g/mol. The maximum atomic E-state index is 14.3. The van der Waals surface area contributed by atoms with E-state index >= 15 is 0 Å². The van der Waals surface area contributed by atoms with Crippen molar-refractivity contribution in [3.05, 3.63) is 52.9 Å². The van der Waals surface area contributed by atoms with Crippen LogP contribution in [-0.4, -0.2) is 39.3 Å². The quantitative estimate of drug-likeness (QED) is 0.254. The van der Waals surface area contributed by atoms with E-state index in [1.54, 1.807) is 25.3 Å². The number of alkyl halides is 4. The Bertz CT molecular complexity index is 1280. The maximum absolute atomic E-state index is 14.3. The molecule has 1 atom stereocenters. The number of hydrogen-bond donors (Lipinski definition) is 2. The lowest BCUT2D eigenvalue weighted by Gasteiger charge is -2.36. The van der Waals surface area contributed by atoms with E-state index in [1.807, 2.05) is 13.0 Å². The summed E-state index contributed by atoms with van der Waals surface area (Å²) in [5.74, 6) is -1.11. The van der Waals surface area contributed by atoms with E-state index < -0.39 is 30.1 Å². The molecule has 7 nitrogen and oxygen atoms in total. The van der Waals surface area contributed by atoms with E-state index in [0.29, 0.717) is 48.4 Å². The van der Waals surface area contributed by atoms with Crippen LogP contribution in [0.15, 0.2) is 36.7 Å². The fourth-order valence-corrected chi connectivity index (χ4v) is 5.77. The number of aromatic nitrogens is 3. The minimum Gasteiger partial charge on any atom is -0.466 e. The van der Waals surface area contributed by atoms with Crippen molar-refractivity contribution in [2.45, 2.75) is 51.3 Å². The molecule has 0 aliphatic heterocycles. The number of aliphatic hydroxyl groups is 1. The van der Waals surface area contributed by atoms with Gasteiger partial charge >= 0.3 is 12.1 Å². The standard InChI is InChI=1S/C26H28F4N4O3S/c1-3-37-22(35)16-4-6-18(7-5-16)25(36,14-27)23-32-13-20(38-23)17-10-15(2)11-19(12-17)33-24-31-9-8-21(34-24)26(28,29)30/h8-13,16,18,36H,3-7,14H2,1-2H3,(H,31,33,34). The zero-order valence-corrected chi connectivity index (χ0v) is 21.7. The molecule has 4 rings (SSSR count). The number of esters is 1. The third-order valence-corrected chi connectivity index (χ3v) is 7.88. The number of carbonyl (C=O) groups excluding carboxylic acids is 1. The van der Waals surface area contributed by atoms with Gasteiger partial charge in [0, 0.05) is 18.1 Å². The minimum absolute atomic E-state index is 0.202. The molecule has 2 N–H and O–H groups in total. The Labute approximate surface area is 221 Å². The Morgan fingerprint density at radius 1 is 1.18 bits per heavy atom. The fraction of sp³-hybridized carbons (Fsp3) is 0.462. The molecule has 38 heavy (non-hydrogen) atoms. The highest BCUT2D eigenvalue weighted by Gasteiger charge is 2.44. The zero-order valence-electron chi connectivity index (χ0n) is 20.9. The fourth-order valence-electron chi connectivity index (χ4n) is 4.72. The van der Waals surface area contributed by atoms with Crippen LogP contribution in [-0.2, 0) is 21.3 Å². The van der Waals surface area contributed by atoms with Crippen LogP contribution < -0.4 is 5.32 Å². The number of aryl methyl sites for hydroxylation is 1. The lowest BCUT2D eigenvalue weighted by atomic mass is 9.74. The Hall–Kier alpha value is -3.12. The van der Waals surface area contributed by atoms with Crippen LogP contribution in [0.1, 0.15) is 48.9 Å². The number of ether oxygens (including phenoxy) is 1. The van der Waals surface area contributed by atoms with Gasteiger partial charge in [-0.05, 0) is 74.8 Å². The first-order valence-corrected chi connectivity index (χ1v) is 13.1. The molecule has 1 fully saturated rings. The van der Waals surface area contributed by atoms with Gasteiger partial charge in [-0.15, -0.1) is 11.3 Å². The topological polar surface area (TPSA) is 97.2 Å². The van der Waals surface area contributed by atoms with Crippen LogP contribution in [0.4, 0.5) is 29.2 Å². The van der Waals surface area contributed by atoms with Gasteiger partial charge in [-0.3, -0.25) is 4.79 Å². The largest absolute Gasteiger partial charge is 0.466 e. The molecule has 1 aliphatic carbocycles. The summed E-state index contributed by atoms with van der Waals surface area (Å²) >= 11 is 1.16. The number of anilines is 2. The van der Waals surface area contributed by atoms with Crippen molar-refractivity contribution in [3.63, 3.8) is 0 Å². The highest BCUT2D eigenvalue weighted by molar-refractivity contribution is 7.15. The number of halogens is 4. The first kappa shape index (κ1) is 27.9. The van der Waals surface area contributed by atoms with E-state index in [4.69, 9.17) is 4.74 Å². The number of carbonyl (C=O) groups is 1. The molecule has 0 saturated heterocycles. The highest BCUT2D eigenvalue weighted by atomic mass is 32.1. The van der Waals surface area contributed by atoms with Gasteiger partial charge in [0.2, 0.25) is 5.95 Å². The molecule has 0 radical (unpaired) electrons. The molecule has 1 saturated carbocycles. The van der Waals surface area contributed by atoms with Crippen molar-refractivity contribution >= 4 is 28.9 Å². The minimum atomic E-state index is -4.60. The average Bonchev–Trinajstić information content (AvgIpc) is 3.39. The predicted molar refractivity (Wildman–Crippen MR) is 135 cm³/mol. The molecule has 0 bridgehead atoms. The Morgan fingerprint density at radius 2 is 1.92 bits per heavy atom. The third-order valence-electron chi connectivity index (χ3n) is 6.67. The van der Waals surface area contributed by atoms with Crippen molar-refractivity contribution in [1.82, 2.24) is 15.0 Å². The maximum Gasteiger partial charge on any atom is 0.433 e. The number of thiazole rings is 1. The molecular weight excluding hydrogens is 524 g/mol. The molecule has 2 heterocycles. The van der Waals surface area contributed by atoms with E-state index in [0.717, 1.165) is 29.2 Å². The molecule has 2 aromatic heterocycles. The van der Waals surface area contributed by atoms with Crippen molar-refractivity contribution in [2.75, 3.05) is 18.6 Å². The van der Waals surface area contributed by atoms with E-state index in [9.17, 15) is 27.5 Å². The smallest absolute Gasteiger partial charge is 0.433 e. The molecule has 1 aliphatic rings. The second-order valence-electron chi connectivity index (χ2n) is 9.36. The van der Waals surface area contributed by atoms with Crippen LogP contribution in [0.3, 0.4) is 0 Å². The van der Waals surface area contributed by atoms with Crippen LogP contribution in [0.5, 0.6) is 0 Å². The highest BCUT2D eigenvalue weighted by Crippen LogP contribution is 2.44. The summed E-state index contributed by atoms with van der Waals surface area (Å²) < 4.78 is 58.4. The van der Waals surface area contributed by atoms with Gasteiger partial charge in [-0.1, -0.05) is 6.07 Å². The normalized spacial score (nSPS) is 19.6. The van der Waals surface area contributed by atoms with Crippen LogP contribution >= 0.6 is 11.3 Å². The number of rotatable bonds is 8. The SMILES string of the molecule is CCOC(=O)C1CCC(C(O)(CF)c2ncc(-c3cc(C)cc(Nc4nccc(C(F)(F)F)n4)c3)s2)CC1. The summed E-state index contributed by atoms with van der Waals surface area (Å²) in [6.45, 7) is 2.86. The predicted octanol–water partition coefficient (Wildman–Crippen LogP) is 6.20. The van der Waals surface area contributed by atoms with Gasteiger partial charge in [0.15, 0.2) is 0 Å². The summed E-state index contributed by atoms with van der Waals surface area (Å²) in [5, 5.41) is 14.4.